The molecule has 0 radical (unpaired) electrons. The van der Waals surface area contributed by atoms with Crippen molar-refractivity contribution in [3.63, 3.8) is 0 Å². The lowest BCUT2D eigenvalue weighted by Gasteiger charge is -2.21. The van der Waals surface area contributed by atoms with E-state index in [2.05, 4.69) is 18.3 Å². The molecular weight excluding hydrogens is 156 g/mol. The van der Waals surface area contributed by atoms with E-state index in [1.807, 2.05) is 13.8 Å². The van der Waals surface area contributed by atoms with Crippen LogP contribution in [0.5, 0.6) is 0 Å². The highest BCUT2D eigenvalue weighted by atomic mass is 32.2. The summed E-state index contributed by atoms with van der Waals surface area (Å²) >= 11 is 1.79. The van der Waals surface area contributed by atoms with Gasteiger partial charge in [-0.3, -0.25) is 5.32 Å². The highest BCUT2D eigenvalue weighted by molar-refractivity contribution is 7.99. The monoisotopic (exact) mass is 172 g/mol. The standard InChI is InChI=1S/C8H16N2S/c1-4-10-8(3,6-9)7-11-5-2/h10H,4-5,7H2,1-3H3. The van der Waals surface area contributed by atoms with E-state index < -0.39 is 0 Å². The summed E-state index contributed by atoms with van der Waals surface area (Å²) in [5.74, 6) is 1.94. The SMILES string of the molecule is CCNC(C)(C#N)CSCC. The van der Waals surface area contributed by atoms with E-state index in [1.54, 1.807) is 11.8 Å². The molecule has 1 atom stereocenters. The van der Waals surface area contributed by atoms with Gasteiger partial charge in [0.05, 0.1) is 6.07 Å². The van der Waals surface area contributed by atoms with Crippen LogP contribution in [0, 0.1) is 11.3 Å². The predicted molar refractivity (Wildman–Crippen MR) is 50.7 cm³/mol. The summed E-state index contributed by atoms with van der Waals surface area (Å²) in [6.07, 6.45) is 0. The zero-order chi connectivity index (χ0) is 8.74. The third-order valence-electron chi connectivity index (χ3n) is 1.41. The summed E-state index contributed by atoms with van der Waals surface area (Å²) in [5, 5.41) is 12.0. The Bertz CT molecular complexity index is 142. The fourth-order valence-electron chi connectivity index (χ4n) is 0.819. The van der Waals surface area contributed by atoms with E-state index in [9.17, 15) is 0 Å². The van der Waals surface area contributed by atoms with Gasteiger partial charge in [0.15, 0.2) is 0 Å². The Hall–Kier alpha value is -0.200. The van der Waals surface area contributed by atoms with E-state index in [-0.39, 0.29) is 5.54 Å². The number of nitrogens with zero attached hydrogens (tertiary/aromatic N) is 1. The molecule has 0 aromatic heterocycles. The summed E-state index contributed by atoms with van der Waals surface area (Å²) < 4.78 is 0. The van der Waals surface area contributed by atoms with Gasteiger partial charge in [0.1, 0.15) is 5.54 Å². The molecule has 11 heavy (non-hydrogen) atoms. The van der Waals surface area contributed by atoms with Gasteiger partial charge in [0.2, 0.25) is 0 Å². The van der Waals surface area contributed by atoms with Crippen molar-refractivity contribution in [3.05, 3.63) is 0 Å². The number of thioether (sulfide) groups is 1. The Morgan fingerprint density at radius 3 is 2.55 bits per heavy atom. The van der Waals surface area contributed by atoms with Crippen LogP contribution in [0.3, 0.4) is 0 Å². The average molecular weight is 172 g/mol. The van der Waals surface area contributed by atoms with Gasteiger partial charge in [-0.25, -0.2) is 0 Å². The molecular formula is C8H16N2S. The third kappa shape index (κ3) is 4.28. The number of hydrogen-bond acceptors (Lipinski definition) is 3. The van der Waals surface area contributed by atoms with Crippen molar-refractivity contribution in [1.29, 1.82) is 5.26 Å². The van der Waals surface area contributed by atoms with Crippen molar-refractivity contribution >= 4 is 11.8 Å². The molecule has 0 amide bonds. The summed E-state index contributed by atoms with van der Waals surface area (Å²) in [5.41, 5.74) is -0.338. The van der Waals surface area contributed by atoms with Crippen molar-refractivity contribution in [2.75, 3.05) is 18.1 Å². The third-order valence-corrected chi connectivity index (χ3v) is 2.60. The van der Waals surface area contributed by atoms with Crippen LogP contribution in [0.25, 0.3) is 0 Å². The maximum absolute atomic E-state index is 8.82. The molecule has 2 nitrogen and oxygen atoms in total. The molecule has 0 aliphatic heterocycles. The minimum absolute atomic E-state index is 0.338. The second-order valence-electron chi connectivity index (χ2n) is 2.61. The molecule has 0 bridgehead atoms. The first-order valence-corrected chi connectivity index (χ1v) is 5.08. The highest BCUT2D eigenvalue weighted by Crippen LogP contribution is 2.11. The first kappa shape index (κ1) is 10.8. The van der Waals surface area contributed by atoms with E-state index in [1.165, 1.54) is 0 Å². The van der Waals surface area contributed by atoms with Gasteiger partial charge in [-0.15, -0.1) is 0 Å². The van der Waals surface area contributed by atoms with Crippen LogP contribution in [0.2, 0.25) is 0 Å². The lowest BCUT2D eigenvalue weighted by molar-refractivity contribution is 0.511. The highest BCUT2D eigenvalue weighted by Gasteiger charge is 2.21. The van der Waals surface area contributed by atoms with Gasteiger partial charge in [-0.05, 0) is 19.2 Å². The van der Waals surface area contributed by atoms with Crippen molar-refractivity contribution in [1.82, 2.24) is 5.32 Å². The summed E-state index contributed by atoms with van der Waals surface area (Å²) in [7, 11) is 0. The van der Waals surface area contributed by atoms with E-state index in [0.717, 1.165) is 18.1 Å². The molecule has 0 saturated heterocycles. The number of hydrogen-bond donors (Lipinski definition) is 1. The van der Waals surface area contributed by atoms with Crippen molar-refractivity contribution in [3.8, 4) is 6.07 Å². The summed E-state index contributed by atoms with van der Waals surface area (Å²) in [6, 6.07) is 2.28. The normalized spacial score (nSPS) is 15.5. The Balaban J connectivity index is 3.81. The minimum atomic E-state index is -0.338. The molecule has 0 fully saturated rings. The van der Waals surface area contributed by atoms with Gasteiger partial charge in [0, 0.05) is 5.75 Å². The maximum Gasteiger partial charge on any atom is 0.113 e. The summed E-state index contributed by atoms with van der Waals surface area (Å²) in [4.78, 5) is 0. The van der Waals surface area contributed by atoms with Crippen molar-refractivity contribution in [2.45, 2.75) is 26.3 Å². The molecule has 0 aromatic rings. The van der Waals surface area contributed by atoms with E-state index >= 15 is 0 Å². The van der Waals surface area contributed by atoms with Gasteiger partial charge < -0.3 is 0 Å². The first-order valence-electron chi connectivity index (χ1n) is 3.92. The quantitative estimate of drug-likeness (QED) is 0.684. The molecule has 64 valence electrons. The molecule has 0 rings (SSSR count). The second kappa shape index (κ2) is 5.45. The Labute approximate surface area is 73.4 Å². The predicted octanol–water partition coefficient (Wildman–Crippen LogP) is 1.63. The lowest BCUT2D eigenvalue weighted by Crippen LogP contribution is -2.43. The smallest absolute Gasteiger partial charge is 0.113 e. The molecule has 0 aromatic carbocycles. The fraction of sp³-hybridized carbons (Fsp3) is 0.875. The topological polar surface area (TPSA) is 35.8 Å². The zero-order valence-electron chi connectivity index (χ0n) is 7.48. The Morgan fingerprint density at radius 2 is 2.18 bits per heavy atom. The molecule has 0 aliphatic carbocycles. The number of nitrogens with one attached hydrogen (secondary N) is 1. The van der Waals surface area contributed by atoms with Crippen LogP contribution in [-0.4, -0.2) is 23.6 Å². The van der Waals surface area contributed by atoms with Crippen molar-refractivity contribution < 1.29 is 0 Å². The van der Waals surface area contributed by atoms with Crippen LogP contribution >= 0.6 is 11.8 Å². The molecule has 1 unspecified atom stereocenters. The van der Waals surface area contributed by atoms with Crippen LogP contribution in [0.1, 0.15) is 20.8 Å². The molecule has 0 spiro atoms. The van der Waals surface area contributed by atoms with Gasteiger partial charge >= 0.3 is 0 Å². The molecule has 3 heteroatoms. The number of rotatable bonds is 5. The average Bonchev–Trinajstić information content (AvgIpc) is 2.02. The van der Waals surface area contributed by atoms with Crippen molar-refractivity contribution in [2.24, 2.45) is 0 Å². The van der Waals surface area contributed by atoms with Gasteiger partial charge in [-0.2, -0.15) is 17.0 Å². The van der Waals surface area contributed by atoms with Crippen LogP contribution in [0.4, 0.5) is 0 Å². The Morgan fingerprint density at radius 1 is 1.55 bits per heavy atom. The van der Waals surface area contributed by atoms with Crippen LogP contribution in [-0.2, 0) is 0 Å². The van der Waals surface area contributed by atoms with E-state index in [0.29, 0.717) is 0 Å². The maximum atomic E-state index is 8.82. The minimum Gasteiger partial charge on any atom is -0.299 e. The Kier molecular flexibility index (Phi) is 5.35. The number of nitriles is 1. The molecule has 1 N–H and O–H groups in total. The fourth-order valence-corrected chi connectivity index (χ4v) is 1.60. The van der Waals surface area contributed by atoms with E-state index in [4.69, 9.17) is 5.26 Å². The zero-order valence-corrected chi connectivity index (χ0v) is 8.29. The lowest BCUT2D eigenvalue weighted by atomic mass is 10.1. The molecule has 0 heterocycles. The first-order chi connectivity index (χ1) is 5.18. The second-order valence-corrected chi connectivity index (χ2v) is 3.89. The summed E-state index contributed by atoms with van der Waals surface area (Å²) in [6.45, 7) is 6.92. The van der Waals surface area contributed by atoms with Gasteiger partial charge in [0.25, 0.3) is 0 Å². The molecule has 0 saturated carbocycles. The van der Waals surface area contributed by atoms with Crippen LogP contribution < -0.4 is 5.32 Å². The molecule has 0 aliphatic rings. The van der Waals surface area contributed by atoms with Crippen LogP contribution in [0.15, 0.2) is 0 Å². The van der Waals surface area contributed by atoms with Gasteiger partial charge in [-0.1, -0.05) is 13.8 Å². The largest absolute Gasteiger partial charge is 0.299 e.